The maximum absolute atomic E-state index is 13.1. The molecule has 1 amide bonds. The van der Waals surface area contributed by atoms with Crippen molar-refractivity contribution >= 4 is 17.5 Å². The summed E-state index contributed by atoms with van der Waals surface area (Å²) < 4.78 is 6.05. The number of carbonyl (C=O) groups is 2. The monoisotopic (exact) mass is 368 g/mol. The van der Waals surface area contributed by atoms with Crippen LogP contribution in [0, 0.1) is 5.92 Å². The van der Waals surface area contributed by atoms with Crippen LogP contribution in [0.3, 0.4) is 0 Å². The summed E-state index contributed by atoms with van der Waals surface area (Å²) in [6.45, 7) is 2.24. The van der Waals surface area contributed by atoms with Gasteiger partial charge in [0, 0.05) is 19.3 Å². The van der Waals surface area contributed by atoms with Crippen LogP contribution in [-0.4, -0.2) is 45.0 Å². The average Bonchev–Trinajstić information content (AvgIpc) is 3.07. The fraction of sp³-hybridized carbons (Fsp3) is 0.263. The molecule has 0 radical (unpaired) electrons. The number of nitrogens with zero attached hydrogens (tertiary/aromatic N) is 3. The SMILES string of the molecule is COC(=O)C(C)CN(Cc1ccccc1)C(=O)c1ccc2n[nH]c(=O)n2c1. The van der Waals surface area contributed by atoms with E-state index in [4.69, 9.17) is 4.74 Å². The van der Waals surface area contributed by atoms with Crippen molar-refractivity contribution in [2.45, 2.75) is 13.5 Å². The molecular weight excluding hydrogens is 348 g/mol. The van der Waals surface area contributed by atoms with Gasteiger partial charge < -0.3 is 9.64 Å². The molecule has 0 saturated carbocycles. The highest BCUT2D eigenvalue weighted by atomic mass is 16.5. The van der Waals surface area contributed by atoms with Gasteiger partial charge in [-0.25, -0.2) is 14.3 Å². The van der Waals surface area contributed by atoms with Crippen molar-refractivity contribution in [3.8, 4) is 0 Å². The number of pyridine rings is 1. The van der Waals surface area contributed by atoms with Crippen molar-refractivity contribution in [1.29, 1.82) is 0 Å². The second kappa shape index (κ2) is 7.86. The van der Waals surface area contributed by atoms with Crippen LogP contribution < -0.4 is 5.69 Å². The molecule has 1 atom stereocenters. The van der Waals surface area contributed by atoms with Crippen molar-refractivity contribution in [2.24, 2.45) is 5.92 Å². The van der Waals surface area contributed by atoms with Crippen LogP contribution in [0.2, 0.25) is 0 Å². The minimum Gasteiger partial charge on any atom is -0.469 e. The zero-order chi connectivity index (χ0) is 19.4. The Balaban J connectivity index is 1.91. The highest BCUT2D eigenvalue weighted by molar-refractivity contribution is 5.94. The number of benzene rings is 1. The Labute approximate surface area is 155 Å². The fourth-order valence-corrected chi connectivity index (χ4v) is 2.84. The molecule has 0 aliphatic heterocycles. The summed E-state index contributed by atoms with van der Waals surface area (Å²) in [6.07, 6.45) is 1.45. The lowest BCUT2D eigenvalue weighted by Gasteiger charge is -2.25. The van der Waals surface area contributed by atoms with Crippen LogP contribution in [0.1, 0.15) is 22.8 Å². The molecule has 27 heavy (non-hydrogen) atoms. The molecule has 0 spiro atoms. The zero-order valence-corrected chi connectivity index (χ0v) is 15.1. The van der Waals surface area contributed by atoms with E-state index in [9.17, 15) is 14.4 Å². The summed E-state index contributed by atoms with van der Waals surface area (Å²) in [6, 6.07) is 12.7. The molecule has 1 unspecified atom stereocenters. The van der Waals surface area contributed by atoms with E-state index in [1.165, 1.54) is 17.7 Å². The molecule has 0 aliphatic carbocycles. The van der Waals surface area contributed by atoms with Crippen LogP contribution in [0.15, 0.2) is 53.5 Å². The van der Waals surface area contributed by atoms with Gasteiger partial charge in [-0.3, -0.25) is 9.59 Å². The first-order chi connectivity index (χ1) is 13.0. The Hall–Kier alpha value is -3.42. The molecular formula is C19H20N4O4. The number of nitrogens with one attached hydrogen (secondary N) is 1. The fourth-order valence-electron chi connectivity index (χ4n) is 2.84. The number of esters is 1. The number of ether oxygens (including phenoxy) is 1. The summed E-state index contributed by atoms with van der Waals surface area (Å²) in [7, 11) is 1.32. The van der Waals surface area contributed by atoms with Crippen LogP contribution in [0.5, 0.6) is 0 Å². The van der Waals surface area contributed by atoms with Gasteiger partial charge in [0.1, 0.15) is 0 Å². The van der Waals surface area contributed by atoms with Crippen molar-refractivity contribution in [2.75, 3.05) is 13.7 Å². The third-order valence-corrected chi connectivity index (χ3v) is 4.26. The molecule has 140 valence electrons. The van der Waals surface area contributed by atoms with E-state index in [1.807, 2.05) is 30.3 Å². The first-order valence-corrected chi connectivity index (χ1v) is 8.47. The van der Waals surface area contributed by atoms with Gasteiger partial charge in [-0.15, -0.1) is 0 Å². The second-order valence-electron chi connectivity index (χ2n) is 6.27. The number of amides is 1. The van der Waals surface area contributed by atoms with Crippen molar-refractivity contribution in [3.63, 3.8) is 0 Å². The van der Waals surface area contributed by atoms with Crippen molar-refractivity contribution in [3.05, 3.63) is 70.3 Å². The lowest BCUT2D eigenvalue weighted by Crippen LogP contribution is -2.37. The van der Waals surface area contributed by atoms with Crippen LogP contribution in [0.4, 0.5) is 0 Å². The third-order valence-electron chi connectivity index (χ3n) is 4.26. The van der Waals surface area contributed by atoms with Crippen molar-refractivity contribution in [1.82, 2.24) is 19.5 Å². The molecule has 1 aromatic carbocycles. The molecule has 2 heterocycles. The molecule has 2 aromatic heterocycles. The third kappa shape index (κ3) is 4.05. The van der Waals surface area contributed by atoms with Crippen LogP contribution in [-0.2, 0) is 16.1 Å². The average molecular weight is 368 g/mol. The highest BCUT2D eigenvalue weighted by Gasteiger charge is 2.23. The van der Waals surface area contributed by atoms with Gasteiger partial charge in [-0.2, -0.15) is 5.10 Å². The molecule has 3 aromatic rings. The number of methoxy groups -OCH3 is 1. The topological polar surface area (TPSA) is 96.8 Å². The van der Waals surface area contributed by atoms with Gasteiger partial charge in [0.2, 0.25) is 0 Å². The molecule has 0 aliphatic rings. The first-order valence-electron chi connectivity index (χ1n) is 8.47. The normalized spacial score (nSPS) is 11.9. The van der Waals surface area contributed by atoms with Gasteiger partial charge in [0.15, 0.2) is 5.65 Å². The highest BCUT2D eigenvalue weighted by Crippen LogP contribution is 2.14. The molecule has 0 bridgehead atoms. The Morgan fingerprint density at radius 1 is 1.22 bits per heavy atom. The number of rotatable bonds is 6. The summed E-state index contributed by atoms with van der Waals surface area (Å²) in [5.74, 6) is -1.16. The number of hydrogen-bond donors (Lipinski definition) is 1. The largest absolute Gasteiger partial charge is 0.469 e. The van der Waals surface area contributed by atoms with Gasteiger partial charge >= 0.3 is 11.7 Å². The van der Waals surface area contributed by atoms with E-state index < -0.39 is 11.6 Å². The Morgan fingerprint density at radius 2 is 1.96 bits per heavy atom. The predicted octanol–water partition coefficient (Wildman–Crippen LogP) is 1.47. The summed E-state index contributed by atoms with van der Waals surface area (Å²) in [5.41, 5.74) is 1.27. The number of H-pyrrole nitrogens is 1. The number of aromatic amines is 1. The minimum atomic E-state index is -0.483. The number of aromatic nitrogens is 3. The summed E-state index contributed by atoms with van der Waals surface area (Å²) in [4.78, 5) is 38.3. The van der Waals surface area contributed by atoms with Gasteiger partial charge in [-0.05, 0) is 17.7 Å². The maximum atomic E-state index is 13.1. The van der Waals surface area contributed by atoms with Gasteiger partial charge in [0.05, 0.1) is 18.6 Å². The van der Waals surface area contributed by atoms with E-state index in [0.717, 1.165) is 5.56 Å². The number of carbonyl (C=O) groups excluding carboxylic acids is 2. The van der Waals surface area contributed by atoms with Crippen LogP contribution >= 0.6 is 0 Å². The Kier molecular flexibility index (Phi) is 5.35. The number of hydrogen-bond acceptors (Lipinski definition) is 5. The van der Waals surface area contributed by atoms with Crippen LogP contribution in [0.25, 0.3) is 5.65 Å². The number of fused-ring (bicyclic) bond motifs is 1. The maximum Gasteiger partial charge on any atom is 0.347 e. The lowest BCUT2D eigenvalue weighted by atomic mass is 10.1. The van der Waals surface area contributed by atoms with E-state index in [-0.39, 0.29) is 18.4 Å². The predicted molar refractivity (Wildman–Crippen MR) is 98.2 cm³/mol. The molecule has 0 fully saturated rings. The molecule has 8 nitrogen and oxygen atoms in total. The molecule has 1 N–H and O–H groups in total. The van der Waals surface area contributed by atoms with Crippen molar-refractivity contribution < 1.29 is 14.3 Å². The smallest absolute Gasteiger partial charge is 0.347 e. The quantitative estimate of drug-likeness (QED) is 0.665. The van der Waals surface area contributed by atoms with E-state index in [0.29, 0.717) is 17.8 Å². The van der Waals surface area contributed by atoms with E-state index >= 15 is 0 Å². The Morgan fingerprint density at radius 3 is 2.67 bits per heavy atom. The van der Waals surface area contributed by atoms with E-state index in [1.54, 1.807) is 24.0 Å². The molecule has 8 heteroatoms. The summed E-state index contributed by atoms with van der Waals surface area (Å²) in [5, 5.41) is 6.19. The van der Waals surface area contributed by atoms with Gasteiger partial charge in [-0.1, -0.05) is 37.3 Å². The lowest BCUT2D eigenvalue weighted by molar-refractivity contribution is -0.145. The second-order valence-corrected chi connectivity index (χ2v) is 6.27. The van der Waals surface area contributed by atoms with E-state index in [2.05, 4.69) is 10.2 Å². The Bertz CT molecular complexity index is 1010. The van der Waals surface area contributed by atoms with Gasteiger partial charge in [0.25, 0.3) is 5.91 Å². The minimum absolute atomic E-state index is 0.193. The summed E-state index contributed by atoms with van der Waals surface area (Å²) >= 11 is 0. The zero-order valence-electron chi connectivity index (χ0n) is 15.1. The first kappa shape index (κ1) is 18.4. The molecule has 0 saturated heterocycles. The standard InChI is InChI=1S/C19H20N4O4/c1-13(18(25)27-2)10-22(11-14-6-4-3-5-7-14)17(24)15-8-9-16-20-21-19(26)23(16)12-15/h3-9,12-13H,10-11H2,1-2H3,(H,21,26). The molecule has 3 rings (SSSR count).